The van der Waals surface area contributed by atoms with Crippen LogP contribution < -0.4 is 14.8 Å². The summed E-state index contributed by atoms with van der Waals surface area (Å²) in [5, 5.41) is 14.3. The number of likely N-dealkylation sites (tertiary alicyclic amines) is 1. The van der Waals surface area contributed by atoms with Gasteiger partial charge in [0.05, 0.1) is 33.5 Å². The van der Waals surface area contributed by atoms with E-state index in [1.165, 1.54) is 57.8 Å². The van der Waals surface area contributed by atoms with Crippen molar-refractivity contribution in [3.63, 3.8) is 0 Å². The molecule has 10 atom stereocenters. The van der Waals surface area contributed by atoms with Gasteiger partial charge in [0.15, 0.2) is 0 Å². The maximum atomic E-state index is 13.5. The van der Waals surface area contributed by atoms with Crippen LogP contribution in [0.2, 0.25) is 0 Å². The number of allylic oxidation sites excluding steroid dienone is 2. The lowest BCUT2D eigenvalue weighted by Gasteiger charge is -2.58. The van der Waals surface area contributed by atoms with Crippen molar-refractivity contribution in [3.05, 3.63) is 107 Å². The summed E-state index contributed by atoms with van der Waals surface area (Å²) < 4.78 is 23.9. The SMILES string of the molecule is COc1ccc(C(OCC2CN(C(=O)CCCCCNC(=O)OC[C@H]3CC[C@@]4(C)C(=CCC5C4CC[C@@]4(C)C5CC[C@@H]4C(C)CCCC(C)C)C3)CC2O)(c2ccccc2)c2ccc(OC)cc2)cc1. The number of ether oxygens (including phenoxy) is 4. The second-order valence-electron chi connectivity index (χ2n) is 23.2. The molecule has 382 valence electrons. The predicted molar refractivity (Wildman–Crippen MR) is 279 cm³/mol. The normalized spacial score (nSPS) is 28.8. The van der Waals surface area contributed by atoms with E-state index in [0.29, 0.717) is 49.3 Å². The Bertz CT molecular complexity index is 2140. The minimum Gasteiger partial charge on any atom is -0.497 e. The Morgan fingerprint density at radius 1 is 0.771 bits per heavy atom. The minimum atomic E-state index is -1.00. The molecule has 5 aliphatic rings. The van der Waals surface area contributed by atoms with E-state index in [4.69, 9.17) is 18.9 Å². The molecule has 9 nitrogen and oxygen atoms in total. The summed E-state index contributed by atoms with van der Waals surface area (Å²) in [5.41, 5.74) is 4.23. The van der Waals surface area contributed by atoms with Crippen LogP contribution in [0.4, 0.5) is 4.79 Å². The summed E-state index contributed by atoms with van der Waals surface area (Å²) in [5.74, 6) is 6.66. The summed E-state index contributed by atoms with van der Waals surface area (Å²) >= 11 is 0. The van der Waals surface area contributed by atoms with Crippen molar-refractivity contribution in [2.75, 3.05) is 47.1 Å². The summed E-state index contributed by atoms with van der Waals surface area (Å²) in [6.07, 6.45) is 18.7. The van der Waals surface area contributed by atoms with Crippen molar-refractivity contribution in [2.24, 2.45) is 58.2 Å². The first-order chi connectivity index (χ1) is 33.8. The lowest BCUT2D eigenvalue weighted by atomic mass is 9.46. The van der Waals surface area contributed by atoms with Crippen LogP contribution >= 0.6 is 0 Å². The molecule has 2 amide bonds. The van der Waals surface area contributed by atoms with Crippen LogP contribution in [0.1, 0.15) is 148 Å². The number of carbonyl (C=O) groups is 2. The number of aliphatic hydroxyl groups is 1. The van der Waals surface area contributed by atoms with Crippen LogP contribution in [0.25, 0.3) is 0 Å². The van der Waals surface area contributed by atoms with Crippen molar-refractivity contribution in [1.82, 2.24) is 10.2 Å². The molecule has 70 heavy (non-hydrogen) atoms. The molecule has 3 aromatic carbocycles. The van der Waals surface area contributed by atoms with E-state index in [-0.39, 0.29) is 31.1 Å². The number of amides is 2. The molecule has 3 aromatic rings. The molecule has 0 aromatic heterocycles. The molecule has 9 heteroatoms. The molecule has 4 aliphatic carbocycles. The molecule has 3 saturated carbocycles. The summed E-state index contributed by atoms with van der Waals surface area (Å²) in [6.45, 7) is 14.5. The number of hydrogen-bond acceptors (Lipinski definition) is 7. The van der Waals surface area contributed by atoms with Crippen LogP contribution in [0.15, 0.2) is 90.5 Å². The van der Waals surface area contributed by atoms with Gasteiger partial charge in [-0.25, -0.2) is 4.79 Å². The highest BCUT2D eigenvalue weighted by atomic mass is 16.5. The van der Waals surface area contributed by atoms with E-state index in [9.17, 15) is 14.7 Å². The number of β-amino-alcohol motifs (C(OH)–C–C–N with tert-alkyl or cyclic N) is 1. The van der Waals surface area contributed by atoms with Gasteiger partial charge in [0.2, 0.25) is 5.91 Å². The van der Waals surface area contributed by atoms with Gasteiger partial charge in [-0.1, -0.05) is 127 Å². The Kier molecular flexibility index (Phi) is 17.1. The second kappa shape index (κ2) is 23.0. The Balaban J connectivity index is 0.757. The van der Waals surface area contributed by atoms with Crippen molar-refractivity contribution in [3.8, 4) is 11.5 Å². The summed E-state index contributed by atoms with van der Waals surface area (Å²) in [7, 11) is 3.30. The first-order valence-electron chi connectivity index (χ1n) is 27.3. The van der Waals surface area contributed by atoms with Gasteiger partial charge in [-0.3, -0.25) is 4.79 Å². The first-order valence-corrected chi connectivity index (χ1v) is 27.3. The van der Waals surface area contributed by atoms with E-state index in [0.717, 1.165) is 89.4 Å². The molecular weight excluding hydrogens is 873 g/mol. The van der Waals surface area contributed by atoms with E-state index in [1.807, 2.05) is 66.7 Å². The molecule has 8 rings (SSSR count). The number of methoxy groups -OCH3 is 2. The predicted octanol–water partition coefficient (Wildman–Crippen LogP) is 12.8. The zero-order chi connectivity index (χ0) is 49.5. The van der Waals surface area contributed by atoms with Crippen LogP contribution in [-0.2, 0) is 19.9 Å². The van der Waals surface area contributed by atoms with E-state index < -0.39 is 11.7 Å². The number of hydrogen-bond donors (Lipinski definition) is 2. The van der Waals surface area contributed by atoms with Crippen molar-refractivity contribution >= 4 is 12.0 Å². The molecule has 1 saturated heterocycles. The number of nitrogens with zero attached hydrogens (tertiary/aromatic N) is 1. The Hall–Kier alpha value is -4.34. The second-order valence-corrected chi connectivity index (χ2v) is 23.2. The number of benzene rings is 3. The van der Waals surface area contributed by atoms with Gasteiger partial charge in [0, 0.05) is 32.0 Å². The van der Waals surface area contributed by atoms with Gasteiger partial charge in [-0.05, 0) is 157 Å². The molecule has 0 spiro atoms. The van der Waals surface area contributed by atoms with Gasteiger partial charge in [-0.15, -0.1) is 0 Å². The fraction of sp³-hybridized carbons (Fsp3) is 0.639. The number of unbranched alkanes of at least 4 members (excludes halogenated alkanes) is 2. The van der Waals surface area contributed by atoms with Crippen molar-refractivity contribution < 1.29 is 33.6 Å². The maximum absolute atomic E-state index is 13.5. The van der Waals surface area contributed by atoms with Crippen LogP contribution in [-0.4, -0.2) is 75.2 Å². The molecular formula is C61H86N2O7. The average Bonchev–Trinajstić information content (AvgIpc) is 3.93. The number of rotatable bonds is 21. The lowest BCUT2D eigenvalue weighted by molar-refractivity contribution is -0.130. The fourth-order valence-electron chi connectivity index (χ4n) is 14.6. The van der Waals surface area contributed by atoms with Crippen molar-refractivity contribution in [1.29, 1.82) is 0 Å². The van der Waals surface area contributed by atoms with Crippen molar-refractivity contribution in [2.45, 2.75) is 143 Å². The highest BCUT2D eigenvalue weighted by molar-refractivity contribution is 5.76. The third kappa shape index (κ3) is 11.2. The minimum absolute atomic E-state index is 0.0346. The number of aliphatic hydroxyl groups excluding tert-OH is 1. The summed E-state index contributed by atoms with van der Waals surface area (Å²) in [4.78, 5) is 28.1. The third-order valence-electron chi connectivity index (χ3n) is 18.6. The highest BCUT2D eigenvalue weighted by Gasteiger charge is 2.59. The molecule has 0 radical (unpaired) electrons. The van der Waals surface area contributed by atoms with E-state index >= 15 is 0 Å². The number of alkyl carbamates (subject to hydrolysis) is 1. The molecule has 4 fully saturated rings. The average molecular weight is 959 g/mol. The quantitative estimate of drug-likeness (QED) is 0.0622. The zero-order valence-corrected chi connectivity index (χ0v) is 43.8. The van der Waals surface area contributed by atoms with E-state index in [1.54, 1.807) is 24.7 Å². The highest BCUT2D eigenvalue weighted by Crippen LogP contribution is 2.67. The third-order valence-corrected chi connectivity index (χ3v) is 18.6. The van der Waals surface area contributed by atoms with Crippen LogP contribution in [0.5, 0.6) is 11.5 Å². The summed E-state index contributed by atoms with van der Waals surface area (Å²) in [6, 6.07) is 25.9. The van der Waals surface area contributed by atoms with Gasteiger partial charge < -0.3 is 34.3 Å². The van der Waals surface area contributed by atoms with Gasteiger partial charge in [0.1, 0.15) is 17.1 Å². The molecule has 2 N–H and O–H groups in total. The number of carbonyl (C=O) groups excluding carboxylic acids is 2. The first kappa shape index (κ1) is 52.0. The largest absolute Gasteiger partial charge is 0.497 e. The van der Waals surface area contributed by atoms with E-state index in [2.05, 4.69) is 58.1 Å². The zero-order valence-electron chi connectivity index (χ0n) is 43.8. The Labute approximate surface area is 420 Å². The molecule has 0 bridgehead atoms. The molecule has 6 unspecified atom stereocenters. The van der Waals surface area contributed by atoms with Crippen LogP contribution in [0, 0.1) is 58.2 Å². The van der Waals surface area contributed by atoms with Gasteiger partial charge in [-0.2, -0.15) is 0 Å². The van der Waals surface area contributed by atoms with Gasteiger partial charge in [0.25, 0.3) is 0 Å². The number of fused-ring (bicyclic) bond motifs is 5. The number of nitrogens with one attached hydrogen (secondary N) is 1. The Morgan fingerprint density at radius 2 is 1.46 bits per heavy atom. The Morgan fingerprint density at radius 3 is 2.13 bits per heavy atom. The standard InChI is InChI=1S/C61H86N2O7/c1-42(2)15-14-16-43(3)53-30-31-54-52-29-24-49-37-44(32-34-59(49,4)55(52)33-35-60(53,54)5)40-69-58(66)62-36-13-9-12-19-57(65)63-38-45(56(64)39-63)41-70-61(46-17-10-8-11-18-46,47-20-25-50(67-6)26-21-47)48-22-27-51(68-7)28-23-48/h8,10-11,17-18,20-28,42-45,52-56,64H,9,12-16,19,29-41H2,1-7H3,(H,62,66)/t43?,44-,45?,52?,53+,54?,55?,56?,59-,60+/m0/s1. The monoisotopic (exact) mass is 959 g/mol. The smallest absolute Gasteiger partial charge is 0.407 e. The molecule has 1 aliphatic heterocycles. The van der Waals surface area contributed by atoms with Gasteiger partial charge >= 0.3 is 6.09 Å². The van der Waals surface area contributed by atoms with Crippen LogP contribution in [0.3, 0.4) is 0 Å². The lowest BCUT2D eigenvalue weighted by Crippen LogP contribution is -2.50. The maximum Gasteiger partial charge on any atom is 0.407 e. The molecule has 1 heterocycles. The fourth-order valence-corrected chi connectivity index (χ4v) is 14.6. The topological polar surface area (TPSA) is 107 Å².